The summed E-state index contributed by atoms with van der Waals surface area (Å²) in [6.45, 7) is 7.47. The number of likely N-dealkylation sites (N-methyl/N-ethyl adjacent to an activating group) is 1. The summed E-state index contributed by atoms with van der Waals surface area (Å²) >= 11 is 0. The Morgan fingerprint density at radius 3 is 2.56 bits per heavy atom. The molecule has 1 amide bonds. The Labute approximate surface area is 150 Å². The van der Waals surface area contributed by atoms with Crippen LogP contribution in [-0.2, 0) is 20.7 Å². The van der Waals surface area contributed by atoms with Gasteiger partial charge in [-0.2, -0.15) is 0 Å². The lowest BCUT2D eigenvalue weighted by atomic mass is 10.0. The zero-order chi connectivity index (χ0) is 19.0. The predicted molar refractivity (Wildman–Crippen MR) is 97.8 cm³/mol. The number of nitrogens with two attached hydrogens (primary N) is 1. The second-order valence-corrected chi connectivity index (χ2v) is 7.31. The first-order valence-electron chi connectivity index (χ1n) is 8.79. The minimum absolute atomic E-state index is 0.242. The van der Waals surface area contributed by atoms with E-state index in [4.69, 9.17) is 10.5 Å². The number of aromatic nitrogens is 1. The van der Waals surface area contributed by atoms with Crippen molar-refractivity contribution < 1.29 is 14.3 Å². The molecule has 6 heteroatoms. The summed E-state index contributed by atoms with van der Waals surface area (Å²) in [4.78, 5) is 30.8. The van der Waals surface area contributed by atoms with Gasteiger partial charge in [0.1, 0.15) is 11.6 Å². The molecular weight excluding hydrogens is 318 g/mol. The summed E-state index contributed by atoms with van der Waals surface area (Å²) in [5.74, 6) is -0.678. The van der Waals surface area contributed by atoms with Crippen LogP contribution < -0.4 is 5.73 Å². The third-order valence-corrected chi connectivity index (χ3v) is 3.83. The van der Waals surface area contributed by atoms with E-state index in [1.807, 2.05) is 13.0 Å². The average Bonchev–Trinajstić information content (AvgIpc) is 2.55. The van der Waals surface area contributed by atoms with Gasteiger partial charge in [-0.05, 0) is 38.8 Å². The van der Waals surface area contributed by atoms with Crippen LogP contribution in [0.4, 0.5) is 0 Å². The summed E-state index contributed by atoms with van der Waals surface area (Å²) < 4.78 is 5.51. The van der Waals surface area contributed by atoms with E-state index in [1.54, 1.807) is 46.3 Å². The van der Waals surface area contributed by atoms with Crippen LogP contribution in [0.5, 0.6) is 0 Å². The smallest absolute Gasteiger partial charge is 0.329 e. The number of carbonyl (C=O) groups is 2. The molecule has 0 aliphatic carbocycles. The van der Waals surface area contributed by atoms with Gasteiger partial charge in [0, 0.05) is 25.9 Å². The number of hydrogen-bond donors (Lipinski definition) is 1. The molecule has 1 aromatic heterocycles. The maximum Gasteiger partial charge on any atom is 0.329 e. The highest BCUT2D eigenvalue weighted by Crippen LogP contribution is 2.16. The lowest BCUT2D eigenvalue weighted by molar-refractivity contribution is -0.164. The average molecular weight is 349 g/mol. The lowest BCUT2D eigenvalue weighted by Gasteiger charge is -2.31. The van der Waals surface area contributed by atoms with Gasteiger partial charge in [-0.25, -0.2) is 4.79 Å². The van der Waals surface area contributed by atoms with Gasteiger partial charge in [0.15, 0.2) is 0 Å². The summed E-state index contributed by atoms with van der Waals surface area (Å²) in [7, 11) is 1.61. The van der Waals surface area contributed by atoms with Crippen molar-refractivity contribution in [1.82, 2.24) is 9.88 Å². The number of rotatable bonds is 8. The van der Waals surface area contributed by atoms with Crippen LogP contribution in [-0.4, -0.2) is 46.5 Å². The molecule has 1 rings (SSSR count). The van der Waals surface area contributed by atoms with Gasteiger partial charge in [-0.1, -0.05) is 25.8 Å². The summed E-state index contributed by atoms with van der Waals surface area (Å²) in [5.41, 5.74) is 6.24. The summed E-state index contributed by atoms with van der Waals surface area (Å²) in [5, 5.41) is 0. The zero-order valence-corrected chi connectivity index (χ0v) is 16.0. The molecule has 0 aliphatic heterocycles. The highest BCUT2D eigenvalue weighted by Gasteiger charge is 2.33. The molecule has 0 fully saturated rings. The molecule has 6 nitrogen and oxygen atoms in total. The number of amides is 1. The van der Waals surface area contributed by atoms with E-state index >= 15 is 0 Å². The van der Waals surface area contributed by atoms with Gasteiger partial charge in [-0.15, -0.1) is 0 Å². The maximum absolute atomic E-state index is 12.7. The number of unbranched alkanes of at least 4 members (excludes halogenated alkanes) is 1. The Balaban J connectivity index is 2.95. The van der Waals surface area contributed by atoms with E-state index in [2.05, 4.69) is 4.98 Å². The molecule has 140 valence electrons. The van der Waals surface area contributed by atoms with Crippen LogP contribution in [0.15, 0.2) is 24.5 Å². The van der Waals surface area contributed by atoms with Gasteiger partial charge in [-0.3, -0.25) is 9.78 Å². The lowest BCUT2D eigenvalue weighted by Crippen LogP contribution is -2.51. The zero-order valence-electron chi connectivity index (χ0n) is 16.0. The van der Waals surface area contributed by atoms with Gasteiger partial charge >= 0.3 is 5.97 Å². The minimum Gasteiger partial charge on any atom is -0.458 e. The van der Waals surface area contributed by atoms with Crippen molar-refractivity contribution in [3.05, 3.63) is 30.1 Å². The van der Waals surface area contributed by atoms with Crippen LogP contribution in [0, 0.1) is 0 Å². The number of pyridine rings is 1. The van der Waals surface area contributed by atoms with Crippen molar-refractivity contribution in [1.29, 1.82) is 0 Å². The van der Waals surface area contributed by atoms with Crippen LogP contribution in [0.1, 0.15) is 52.5 Å². The Kier molecular flexibility index (Phi) is 8.03. The number of carbonyl (C=O) groups excluding carboxylic acids is 2. The third kappa shape index (κ3) is 7.22. The molecule has 25 heavy (non-hydrogen) atoms. The Morgan fingerprint density at radius 2 is 2.04 bits per heavy atom. The molecular formula is C19H31N3O3. The monoisotopic (exact) mass is 349 g/mol. The second-order valence-electron chi connectivity index (χ2n) is 7.31. The van der Waals surface area contributed by atoms with Gasteiger partial charge in [0.25, 0.3) is 0 Å². The number of nitrogens with zero attached hydrogens (tertiary/aromatic N) is 2. The molecule has 0 bridgehead atoms. The Hall–Kier alpha value is -1.95. The van der Waals surface area contributed by atoms with Crippen LogP contribution >= 0.6 is 0 Å². The molecule has 0 aliphatic rings. The van der Waals surface area contributed by atoms with Crippen molar-refractivity contribution in [3.8, 4) is 0 Å². The highest BCUT2D eigenvalue weighted by molar-refractivity contribution is 5.87. The van der Waals surface area contributed by atoms with E-state index in [9.17, 15) is 9.59 Å². The SMILES string of the molecule is CCCC[C@H](N)C(=O)N(C)[C@@H](Cc1cccnc1)C(=O)OC(C)(C)C. The van der Waals surface area contributed by atoms with E-state index < -0.39 is 23.7 Å². The quantitative estimate of drug-likeness (QED) is 0.728. The Morgan fingerprint density at radius 1 is 1.36 bits per heavy atom. The van der Waals surface area contributed by atoms with E-state index in [1.165, 1.54) is 4.90 Å². The van der Waals surface area contributed by atoms with Crippen molar-refractivity contribution in [3.63, 3.8) is 0 Å². The molecule has 1 aromatic rings. The molecule has 0 aromatic carbocycles. The van der Waals surface area contributed by atoms with Gasteiger partial charge in [0.05, 0.1) is 6.04 Å². The maximum atomic E-state index is 12.7. The molecule has 0 saturated carbocycles. The summed E-state index contributed by atoms with van der Waals surface area (Å²) in [6, 6.07) is 2.34. The topological polar surface area (TPSA) is 85.5 Å². The standard InChI is InChI=1S/C19H31N3O3/c1-6-7-10-15(20)17(23)22(5)16(18(24)25-19(2,3)4)12-14-9-8-11-21-13-14/h8-9,11,13,15-16H,6-7,10,12,20H2,1-5H3/t15-,16-/m0/s1. The van der Waals surface area contributed by atoms with Crippen molar-refractivity contribution >= 4 is 11.9 Å². The van der Waals surface area contributed by atoms with Crippen LogP contribution in [0.3, 0.4) is 0 Å². The Bertz CT molecular complexity index is 555. The van der Waals surface area contributed by atoms with Gasteiger partial charge in [0.2, 0.25) is 5.91 Å². The fourth-order valence-corrected chi connectivity index (χ4v) is 2.45. The fraction of sp³-hybridized carbons (Fsp3) is 0.632. The van der Waals surface area contributed by atoms with Crippen LogP contribution in [0.2, 0.25) is 0 Å². The normalized spacial score (nSPS) is 13.8. The highest BCUT2D eigenvalue weighted by atomic mass is 16.6. The van der Waals surface area contributed by atoms with E-state index in [-0.39, 0.29) is 5.91 Å². The minimum atomic E-state index is -0.733. The molecule has 1 heterocycles. The first kappa shape index (κ1) is 21.1. The summed E-state index contributed by atoms with van der Waals surface area (Å²) in [6.07, 6.45) is 6.14. The molecule has 0 saturated heterocycles. The molecule has 0 unspecified atom stereocenters. The first-order valence-corrected chi connectivity index (χ1v) is 8.79. The number of ether oxygens (including phenoxy) is 1. The van der Waals surface area contributed by atoms with Crippen molar-refractivity contribution in [2.24, 2.45) is 5.73 Å². The van der Waals surface area contributed by atoms with E-state index in [0.717, 1.165) is 18.4 Å². The van der Waals surface area contributed by atoms with Gasteiger partial charge < -0.3 is 15.4 Å². The fourth-order valence-electron chi connectivity index (χ4n) is 2.45. The first-order chi connectivity index (χ1) is 11.7. The predicted octanol–water partition coefficient (Wildman–Crippen LogP) is 2.31. The number of hydrogen-bond acceptors (Lipinski definition) is 5. The van der Waals surface area contributed by atoms with Crippen LogP contribution in [0.25, 0.3) is 0 Å². The third-order valence-electron chi connectivity index (χ3n) is 3.83. The van der Waals surface area contributed by atoms with E-state index in [0.29, 0.717) is 12.8 Å². The molecule has 0 radical (unpaired) electrons. The van der Waals surface area contributed by atoms with Crippen molar-refractivity contribution in [2.45, 2.75) is 71.1 Å². The van der Waals surface area contributed by atoms with Crippen molar-refractivity contribution in [2.75, 3.05) is 7.05 Å². The molecule has 2 atom stereocenters. The molecule has 2 N–H and O–H groups in total. The largest absolute Gasteiger partial charge is 0.458 e. The molecule has 0 spiro atoms. The number of esters is 1. The second kappa shape index (κ2) is 9.51.